The van der Waals surface area contributed by atoms with Crippen molar-refractivity contribution in [2.45, 2.75) is 33.4 Å². The molecule has 1 unspecified atom stereocenters. The van der Waals surface area contributed by atoms with Gasteiger partial charge in [0.15, 0.2) is 0 Å². The van der Waals surface area contributed by atoms with E-state index >= 15 is 0 Å². The van der Waals surface area contributed by atoms with Gasteiger partial charge in [0.25, 0.3) is 0 Å². The first kappa shape index (κ1) is 14.4. The number of nitrogen functional groups attached to an aromatic ring is 1. The Balaban J connectivity index is 3.01. The summed E-state index contributed by atoms with van der Waals surface area (Å²) in [5, 5.41) is 9.10. The molecule has 0 radical (unpaired) electrons. The minimum absolute atomic E-state index is 0.107. The van der Waals surface area contributed by atoms with Crippen molar-refractivity contribution < 1.29 is 9.47 Å². The van der Waals surface area contributed by atoms with Crippen molar-refractivity contribution in [2.24, 2.45) is 5.92 Å². The van der Waals surface area contributed by atoms with E-state index in [1.54, 1.807) is 13.2 Å². The molecule has 0 spiro atoms. The third-order valence-corrected chi connectivity index (χ3v) is 2.45. The SMILES string of the molecule is COCC(C)Oc1c(N)cc(C#N)n1CC(C)C. The first-order valence-electron chi connectivity index (χ1n) is 6.04. The molecule has 1 atom stereocenters. The minimum atomic E-state index is -0.107. The molecule has 1 rings (SSSR count). The molecule has 0 saturated heterocycles. The van der Waals surface area contributed by atoms with Crippen LogP contribution in [0.25, 0.3) is 0 Å². The highest BCUT2D eigenvalue weighted by molar-refractivity contribution is 5.55. The highest BCUT2D eigenvalue weighted by Crippen LogP contribution is 2.28. The van der Waals surface area contributed by atoms with Gasteiger partial charge < -0.3 is 19.8 Å². The fourth-order valence-corrected chi connectivity index (χ4v) is 1.78. The van der Waals surface area contributed by atoms with E-state index in [9.17, 15) is 0 Å². The van der Waals surface area contributed by atoms with Crippen LogP contribution >= 0.6 is 0 Å². The summed E-state index contributed by atoms with van der Waals surface area (Å²) in [5.74, 6) is 0.966. The van der Waals surface area contributed by atoms with Crippen molar-refractivity contribution in [3.05, 3.63) is 11.8 Å². The molecule has 0 aromatic carbocycles. The lowest BCUT2D eigenvalue weighted by atomic mass is 10.2. The van der Waals surface area contributed by atoms with Crippen LogP contribution < -0.4 is 10.5 Å². The third kappa shape index (κ3) is 3.41. The highest BCUT2D eigenvalue weighted by atomic mass is 16.5. The normalized spacial score (nSPS) is 12.4. The maximum absolute atomic E-state index is 9.10. The van der Waals surface area contributed by atoms with E-state index in [2.05, 4.69) is 19.9 Å². The number of hydrogen-bond donors (Lipinski definition) is 1. The maximum atomic E-state index is 9.10. The van der Waals surface area contributed by atoms with Crippen LogP contribution in [-0.2, 0) is 11.3 Å². The first-order valence-corrected chi connectivity index (χ1v) is 6.04. The molecule has 0 saturated carbocycles. The van der Waals surface area contributed by atoms with Crippen molar-refractivity contribution in [1.29, 1.82) is 5.26 Å². The topological polar surface area (TPSA) is 73.2 Å². The molecule has 18 heavy (non-hydrogen) atoms. The van der Waals surface area contributed by atoms with Gasteiger partial charge in [-0.15, -0.1) is 0 Å². The van der Waals surface area contributed by atoms with Crippen LogP contribution in [0.4, 0.5) is 5.69 Å². The highest BCUT2D eigenvalue weighted by Gasteiger charge is 2.17. The number of nitrogens with two attached hydrogens (primary N) is 1. The number of nitrogens with zero attached hydrogens (tertiary/aromatic N) is 2. The Morgan fingerprint density at radius 3 is 2.61 bits per heavy atom. The molecule has 1 aromatic heterocycles. The minimum Gasteiger partial charge on any atom is -0.472 e. The van der Waals surface area contributed by atoms with Crippen LogP contribution in [-0.4, -0.2) is 24.4 Å². The van der Waals surface area contributed by atoms with Gasteiger partial charge >= 0.3 is 0 Å². The number of rotatable bonds is 6. The average molecular weight is 251 g/mol. The Kier molecular flexibility index (Phi) is 5.05. The van der Waals surface area contributed by atoms with Crippen molar-refractivity contribution in [2.75, 3.05) is 19.5 Å². The van der Waals surface area contributed by atoms with E-state index < -0.39 is 0 Å². The monoisotopic (exact) mass is 251 g/mol. The fourth-order valence-electron chi connectivity index (χ4n) is 1.78. The Labute approximate surface area is 108 Å². The van der Waals surface area contributed by atoms with Gasteiger partial charge in [-0.2, -0.15) is 5.26 Å². The van der Waals surface area contributed by atoms with Crippen molar-refractivity contribution in [1.82, 2.24) is 4.57 Å². The number of hydrogen-bond acceptors (Lipinski definition) is 4. The second-order valence-electron chi connectivity index (χ2n) is 4.79. The van der Waals surface area contributed by atoms with E-state index in [-0.39, 0.29) is 6.10 Å². The van der Waals surface area contributed by atoms with Crippen LogP contribution in [0.2, 0.25) is 0 Å². The second-order valence-corrected chi connectivity index (χ2v) is 4.79. The molecule has 0 aliphatic heterocycles. The Morgan fingerprint density at radius 2 is 2.11 bits per heavy atom. The van der Waals surface area contributed by atoms with Gasteiger partial charge in [0.05, 0.1) is 12.3 Å². The van der Waals surface area contributed by atoms with Crippen LogP contribution in [0.3, 0.4) is 0 Å². The van der Waals surface area contributed by atoms with Crippen molar-refractivity contribution >= 4 is 5.69 Å². The summed E-state index contributed by atoms with van der Waals surface area (Å²) in [7, 11) is 1.62. The molecular weight excluding hydrogens is 230 g/mol. The van der Waals surface area contributed by atoms with Gasteiger partial charge in [-0.1, -0.05) is 13.8 Å². The molecule has 100 valence electrons. The molecule has 0 aliphatic carbocycles. The standard InChI is InChI=1S/C13H21N3O2/c1-9(2)7-16-11(6-14)5-12(15)13(16)18-10(3)8-17-4/h5,9-10H,7-8,15H2,1-4H3. The van der Waals surface area contributed by atoms with Gasteiger partial charge in [0, 0.05) is 19.7 Å². The molecule has 1 aromatic rings. The zero-order chi connectivity index (χ0) is 13.7. The summed E-state index contributed by atoms with van der Waals surface area (Å²) in [6, 6.07) is 3.79. The van der Waals surface area contributed by atoms with Gasteiger partial charge in [0.2, 0.25) is 5.88 Å². The molecule has 2 N–H and O–H groups in total. The van der Waals surface area contributed by atoms with E-state index in [4.69, 9.17) is 20.5 Å². The van der Waals surface area contributed by atoms with Crippen LogP contribution in [0.1, 0.15) is 26.5 Å². The lowest BCUT2D eigenvalue weighted by molar-refractivity contribution is 0.0861. The summed E-state index contributed by atoms with van der Waals surface area (Å²) in [6.07, 6.45) is -0.107. The van der Waals surface area contributed by atoms with Gasteiger partial charge in [-0.3, -0.25) is 0 Å². The number of aromatic nitrogens is 1. The molecule has 0 fully saturated rings. The molecule has 0 aliphatic rings. The van der Waals surface area contributed by atoms with Crippen LogP contribution in [0, 0.1) is 17.2 Å². The van der Waals surface area contributed by atoms with Crippen LogP contribution in [0.5, 0.6) is 5.88 Å². The zero-order valence-corrected chi connectivity index (χ0v) is 11.4. The molecule has 5 heteroatoms. The lowest BCUT2D eigenvalue weighted by Gasteiger charge is -2.18. The molecule has 0 bridgehead atoms. The molecule has 0 amide bonds. The largest absolute Gasteiger partial charge is 0.472 e. The number of anilines is 1. The number of nitriles is 1. The van der Waals surface area contributed by atoms with E-state index in [1.807, 2.05) is 11.5 Å². The predicted molar refractivity (Wildman–Crippen MR) is 70.4 cm³/mol. The van der Waals surface area contributed by atoms with Crippen LogP contribution in [0.15, 0.2) is 6.07 Å². The lowest BCUT2D eigenvalue weighted by Crippen LogP contribution is -2.21. The van der Waals surface area contributed by atoms with E-state index in [1.165, 1.54) is 0 Å². The van der Waals surface area contributed by atoms with Gasteiger partial charge in [0.1, 0.15) is 17.9 Å². The number of methoxy groups -OCH3 is 1. The van der Waals surface area contributed by atoms with E-state index in [0.717, 1.165) is 0 Å². The second kappa shape index (κ2) is 6.31. The maximum Gasteiger partial charge on any atom is 0.218 e. The summed E-state index contributed by atoms with van der Waals surface area (Å²) in [6.45, 7) is 7.25. The van der Waals surface area contributed by atoms with Gasteiger partial charge in [-0.25, -0.2) is 0 Å². The fraction of sp³-hybridized carbons (Fsp3) is 0.615. The average Bonchev–Trinajstić information content (AvgIpc) is 2.56. The zero-order valence-electron chi connectivity index (χ0n) is 11.4. The third-order valence-electron chi connectivity index (χ3n) is 2.45. The Hall–Kier alpha value is -1.67. The summed E-state index contributed by atoms with van der Waals surface area (Å²) >= 11 is 0. The summed E-state index contributed by atoms with van der Waals surface area (Å²) in [4.78, 5) is 0. The van der Waals surface area contributed by atoms with Gasteiger partial charge in [-0.05, 0) is 12.8 Å². The predicted octanol–water partition coefficient (Wildman–Crippen LogP) is 2.01. The Morgan fingerprint density at radius 1 is 1.44 bits per heavy atom. The quantitative estimate of drug-likeness (QED) is 0.839. The van der Waals surface area contributed by atoms with Crippen molar-refractivity contribution in [3.63, 3.8) is 0 Å². The summed E-state index contributed by atoms with van der Waals surface area (Å²) < 4.78 is 12.6. The number of ether oxygens (including phenoxy) is 2. The Bertz CT molecular complexity index is 432. The molecule has 5 nitrogen and oxygen atoms in total. The smallest absolute Gasteiger partial charge is 0.218 e. The molecule has 1 heterocycles. The summed E-state index contributed by atoms with van der Waals surface area (Å²) in [5.41, 5.74) is 6.92. The van der Waals surface area contributed by atoms with E-state index in [0.29, 0.717) is 36.3 Å². The molecular formula is C13H21N3O2. The van der Waals surface area contributed by atoms with Crippen molar-refractivity contribution in [3.8, 4) is 11.9 Å². The first-order chi connectivity index (χ1) is 8.49.